The third kappa shape index (κ3) is 3.06. The van der Waals surface area contributed by atoms with Gasteiger partial charge in [0.2, 0.25) is 0 Å². The summed E-state index contributed by atoms with van der Waals surface area (Å²) in [5, 5.41) is 0.944. The highest BCUT2D eigenvalue weighted by atomic mass is 79.9. The monoisotopic (exact) mass is 166 g/mol. The maximum Gasteiger partial charge on any atom is 0.0665 e. The van der Waals surface area contributed by atoms with Gasteiger partial charge >= 0.3 is 0 Å². The second-order valence-electron chi connectivity index (χ2n) is 1.42. The van der Waals surface area contributed by atoms with Gasteiger partial charge in [0.1, 0.15) is 0 Å². The van der Waals surface area contributed by atoms with Crippen LogP contribution in [0.5, 0.6) is 0 Å². The van der Waals surface area contributed by atoms with E-state index in [1.165, 1.54) is 0 Å². The first-order valence-electron chi connectivity index (χ1n) is 2.43. The van der Waals surface area contributed by atoms with E-state index in [0.717, 1.165) is 11.8 Å². The number of halogens is 1. The molecule has 0 saturated heterocycles. The zero-order chi connectivity index (χ0) is 5.70. The van der Waals surface area contributed by atoms with Crippen molar-refractivity contribution in [3.63, 3.8) is 0 Å². The second kappa shape index (κ2) is 4.60. The maximum absolute atomic E-state index is 5.00. The number of hydrogen-bond acceptors (Lipinski definition) is 1. The molecule has 0 aliphatic rings. The van der Waals surface area contributed by atoms with Crippen molar-refractivity contribution in [1.82, 2.24) is 0 Å². The third-order valence-corrected chi connectivity index (χ3v) is 1.68. The molecule has 44 valence electrons. The minimum Gasteiger partial charge on any atom is -0.381 e. The molecule has 0 saturated carbocycles. The number of methoxy groups -OCH3 is 1. The van der Waals surface area contributed by atoms with Gasteiger partial charge in [-0.15, -0.1) is 0 Å². The Morgan fingerprint density at radius 2 is 2.29 bits per heavy atom. The van der Waals surface area contributed by atoms with Gasteiger partial charge in [-0.2, -0.15) is 0 Å². The quantitative estimate of drug-likeness (QED) is 0.582. The Morgan fingerprint density at radius 1 is 1.71 bits per heavy atom. The van der Waals surface area contributed by atoms with E-state index in [1.807, 2.05) is 0 Å². The van der Waals surface area contributed by atoms with E-state index >= 15 is 0 Å². The Bertz CT molecular complexity index is 29.6. The van der Waals surface area contributed by atoms with Crippen molar-refractivity contribution < 1.29 is 4.74 Å². The van der Waals surface area contributed by atoms with Gasteiger partial charge < -0.3 is 4.74 Å². The molecular weight excluding hydrogens is 156 g/mol. The Balaban J connectivity index is 2.99. The molecule has 0 N–H and O–H groups in total. The normalized spacial score (nSPS) is 14.1. The van der Waals surface area contributed by atoms with Crippen LogP contribution < -0.4 is 0 Å². The van der Waals surface area contributed by atoms with Gasteiger partial charge in [-0.05, 0) is 6.42 Å². The molecule has 7 heavy (non-hydrogen) atoms. The number of alkyl halides is 1. The Morgan fingerprint density at radius 3 is 2.29 bits per heavy atom. The van der Waals surface area contributed by atoms with Crippen LogP contribution in [0.3, 0.4) is 0 Å². The first kappa shape index (κ1) is 7.44. The Kier molecular flexibility index (Phi) is 4.88. The van der Waals surface area contributed by atoms with Crippen LogP contribution in [0.2, 0.25) is 0 Å². The fourth-order valence-electron chi connectivity index (χ4n) is 0.339. The van der Waals surface area contributed by atoms with E-state index in [4.69, 9.17) is 4.74 Å². The summed E-state index contributed by atoms with van der Waals surface area (Å²) in [6.07, 6.45) is 1.49. The summed E-state index contributed by atoms with van der Waals surface area (Å²) in [4.78, 5) is 0. The van der Waals surface area contributed by atoms with Crippen molar-refractivity contribution >= 4 is 15.9 Å². The lowest BCUT2D eigenvalue weighted by Crippen LogP contribution is -2.09. The number of hydrogen-bond donors (Lipinski definition) is 0. The molecule has 1 nitrogen and oxygen atoms in total. The number of rotatable bonds is 3. The molecule has 0 rings (SSSR count). The van der Waals surface area contributed by atoms with Gasteiger partial charge in [0, 0.05) is 12.4 Å². The molecule has 0 aromatic heterocycles. The van der Waals surface area contributed by atoms with Crippen LogP contribution in [0.25, 0.3) is 0 Å². The zero-order valence-corrected chi connectivity index (χ0v) is 6.36. The summed E-state index contributed by atoms with van der Waals surface area (Å²) >= 11 is 3.31. The van der Waals surface area contributed by atoms with Crippen LogP contribution in [-0.2, 0) is 4.74 Å². The Labute approximate surface area is 53.2 Å². The summed E-state index contributed by atoms with van der Waals surface area (Å²) < 4.78 is 5.00. The minimum atomic E-state index is 0.403. The summed E-state index contributed by atoms with van der Waals surface area (Å²) in [6, 6.07) is 0. The van der Waals surface area contributed by atoms with Gasteiger partial charge in [-0.3, -0.25) is 0 Å². The van der Waals surface area contributed by atoms with Crippen LogP contribution >= 0.6 is 15.9 Å². The lowest BCUT2D eigenvalue weighted by atomic mass is 10.3. The van der Waals surface area contributed by atoms with Crippen molar-refractivity contribution in [3.05, 3.63) is 0 Å². The highest BCUT2D eigenvalue weighted by molar-refractivity contribution is 9.09. The minimum absolute atomic E-state index is 0.403. The summed E-state index contributed by atoms with van der Waals surface area (Å²) in [5.74, 6) is 0. The van der Waals surface area contributed by atoms with E-state index in [0.29, 0.717) is 6.10 Å². The summed E-state index contributed by atoms with van der Waals surface area (Å²) in [6.45, 7) is 2.11. The topological polar surface area (TPSA) is 9.23 Å². The molecule has 0 spiro atoms. The smallest absolute Gasteiger partial charge is 0.0665 e. The molecule has 0 heterocycles. The Hall–Kier alpha value is 0.440. The van der Waals surface area contributed by atoms with Gasteiger partial charge in [-0.25, -0.2) is 0 Å². The molecule has 0 aromatic carbocycles. The zero-order valence-electron chi connectivity index (χ0n) is 4.78. The molecule has 2 heteroatoms. The average molecular weight is 167 g/mol. The fraction of sp³-hybridized carbons (Fsp3) is 1.00. The van der Waals surface area contributed by atoms with E-state index in [1.54, 1.807) is 7.11 Å². The van der Waals surface area contributed by atoms with E-state index in [-0.39, 0.29) is 0 Å². The summed E-state index contributed by atoms with van der Waals surface area (Å²) in [5.41, 5.74) is 0. The van der Waals surface area contributed by atoms with Crippen LogP contribution in [0.4, 0.5) is 0 Å². The lowest BCUT2D eigenvalue weighted by Gasteiger charge is -2.06. The lowest BCUT2D eigenvalue weighted by molar-refractivity contribution is 0.120. The molecule has 1 atom stereocenters. The predicted molar refractivity (Wildman–Crippen MR) is 34.9 cm³/mol. The highest BCUT2D eigenvalue weighted by Gasteiger charge is 1.97. The molecule has 0 radical (unpaired) electrons. The third-order valence-electron chi connectivity index (χ3n) is 0.961. The number of ether oxygens (including phenoxy) is 1. The van der Waals surface area contributed by atoms with Crippen molar-refractivity contribution in [1.29, 1.82) is 0 Å². The molecule has 0 amide bonds. The first-order valence-corrected chi connectivity index (χ1v) is 3.56. The second-order valence-corrected chi connectivity index (χ2v) is 2.07. The molecule has 0 aromatic rings. The van der Waals surface area contributed by atoms with Crippen LogP contribution in [0.1, 0.15) is 13.3 Å². The van der Waals surface area contributed by atoms with Gasteiger partial charge in [-0.1, -0.05) is 22.9 Å². The van der Waals surface area contributed by atoms with Crippen LogP contribution in [0.15, 0.2) is 0 Å². The van der Waals surface area contributed by atoms with Crippen LogP contribution in [0, 0.1) is 0 Å². The fourth-order valence-corrected chi connectivity index (χ4v) is 1.06. The van der Waals surface area contributed by atoms with Crippen molar-refractivity contribution in [2.75, 3.05) is 12.4 Å². The molecular formula is C5H11BrO. The van der Waals surface area contributed by atoms with E-state index < -0.39 is 0 Å². The highest BCUT2D eigenvalue weighted by Crippen LogP contribution is 1.98. The van der Waals surface area contributed by atoms with Crippen LogP contribution in [-0.4, -0.2) is 18.5 Å². The van der Waals surface area contributed by atoms with Gasteiger partial charge in [0.15, 0.2) is 0 Å². The molecule has 0 aliphatic heterocycles. The molecule has 0 aliphatic carbocycles. The molecule has 0 fully saturated rings. The SMILES string of the molecule is CC[C@@H](CBr)OC. The van der Waals surface area contributed by atoms with Gasteiger partial charge in [0.05, 0.1) is 6.10 Å². The summed E-state index contributed by atoms with van der Waals surface area (Å²) in [7, 11) is 1.73. The van der Waals surface area contributed by atoms with Crippen molar-refractivity contribution in [2.45, 2.75) is 19.4 Å². The first-order chi connectivity index (χ1) is 3.35. The van der Waals surface area contributed by atoms with Gasteiger partial charge in [0.25, 0.3) is 0 Å². The molecule has 0 unspecified atom stereocenters. The average Bonchev–Trinajstić information content (AvgIpc) is 1.72. The molecule has 0 bridgehead atoms. The van der Waals surface area contributed by atoms with Crippen molar-refractivity contribution in [2.24, 2.45) is 0 Å². The largest absolute Gasteiger partial charge is 0.381 e. The van der Waals surface area contributed by atoms with E-state index in [2.05, 4.69) is 22.9 Å². The predicted octanol–water partition coefficient (Wildman–Crippen LogP) is 1.81. The standard InChI is InChI=1S/C5H11BrO/c1-3-5(4-6)7-2/h5H,3-4H2,1-2H3/t5-/m0/s1. The van der Waals surface area contributed by atoms with Crippen molar-refractivity contribution in [3.8, 4) is 0 Å². The maximum atomic E-state index is 5.00. The van der Waals surface area contributed by atoms with E-state index in [9.17, 15) is 0 Å².